The van der Waals surface area contributed by atoms with Crippen LogP contribution in [0.15, 0.2) is 42.5 Å². The summed E-state index contributed by atoms with van der Waals surface area (Å²) in [6.45, 7) is 1.28. The zero-order valence-electron chi connectivity index (χ0n) is 13.2. The fourth-order valence-corrected chi connectivity index (χ4v) is 2.07. The first-order chi connectivity index (χ1) is 11.7. The highest BCUT2D eigenvalue weighted by Gasteiger charge is 2.30. The van der Waals surface area contributed by atoms with Crippen molar-refractivity contribution >= 4 is 17.5 Å². The molecule has 0 aliphatic carbocycles. The molecule has 0 radical (unpaired) electrons. The van der Waals surface area contributed by atoms with E-state index < -0.39 is 30.2 Å². The summed E-state index contributed by atoms with van der Waals surface area (Å²) in [5, 5.41) is 2.31. The number of anilines is 1. The summed E-state index contributed by atoms with van der Waals surface area (Å²) in [6.07, 6.45) is -4.50. The molecular weight excluding hydrogens is 337 g/mol. The van der Waals surface area contributed by atoms with E-state index in [0.717, 1.165) is 17.7 Å². The number of carbonyl (C=O) groups is 2. The largest absolute Gasteiger partial charge is 0.483 e. The van der Waals surface area contributed by atoms with Crippen LogP contribution in [0.25, 0.3) is 0 Å². The van der Waals surface area contributed by atoms with E-state index in [1.807, 2.05) is 0 Å². The van der Waals surface area contributed by atoms with E-state index in [-0.39, 0.29) is 17.0 Å². The van der Waals surface area contributed by atoms with Crippen LogP contribution in [0.2, 0.25) is 0 Å². The van der Waals surface area contributed by atoms with Crippen molar-refractivity contribution in [3.8, 4) is 5.75 Å². The number of rotatable bonds is 5. The van der Waals surface area contributed by atoms with E-state index >= 15 is 0 Å². The number of carbonyl (C=O) groups excluding carboxylic acids is 2. The van der Waals surface area contributed by atoms with Crippen molar-refractivity contribution in [2.75, 3.05) is 11.9 Å². The quantitative estimate of drug-likeness (QED) is 0.867. The number of nitrogens with two attached hydrogens (primary N) is 1. The van der Waals surface area contributed by atoms with Crippen LogP contribution in [0.5, 0.6) is 5.75 Å². The normalized spacial score (nSPS) is 11.0. The number of aryl methyl sites for hydroxylation is 1. The minimum absolute atomic E-state index is 0.0113. The summed E-state index contributed by atoms with van der Waals surface area (Å²) in [6, 6.07) is 8.90. The first-order valence-electron chi connectivity index (χ1n) is 7.17. The second-order valence-corrected chi connectivity index (χ2v) is 5.28. The van der Waals surface area contributed by atoms with Crippen molar-refractivity contribution in [3.05, 3.63) is 59.2 Å². The summed E-state index contributed by atoms with van der Waals surface area (Å²) in [5.74, 6) is -1.25. The van der Waals surface area contributed by atoms with Gasteiger partial charge in [-0.05, 0) is 42.8 Å². The molecular formula is C17H15F3N2O3. The fourth-order valence-electron chi connectivity index (χ4n) is 2.07. The standard InChI is InChI=1S/C17H15F3N2O3/c1-10-5-6-13(16(21)24)14(7-10)25-9-15(23)22-12-4-2-3-11(8-12)17(18,19)20/h2-8H,9H2,1H3,(H2,21,24)(H,22,23). The molecule has 25 heavy (non-hydrogen) atoms. The average Bonchev–Trinajstić information content (AvgIpc) is 2.52. The van der Waals surface area contributed by atoms with Gasteiger partial charge in [-0.1, -0.05) is 12.1 Å². The maximum absolute atomic E-state index is 12.7. The first kappa shape index (κ1) is 18.3. The Morgan fingerprint density at radius 1 is 1.16 bits per heavy atom. The predicted octanol–water partition coefficient (Wildman–Crippen LogP) is 3.13. The Morgan fingerprint density at radius 2 is 1.88 bits per heavy atom. The van der Waals surface area contributed by atoms with Crippen LogP contribution in [0.1, 0.15) is 21.5 Å². The number of benzene rings is 2. The molecule has 0 atom stereocenters. The van der Waals surface area contributed by atoms with Gasteiger partial charge in [0.1, 0.15) is 5.75 Å². The van der Waals surface area contributed by atoms with E-state index in [2.05, 4.69) is 5.32 Å². The highest BCUT2D eigenvalue weighted by atomic mass is 19.4. The lowest BCUT2D eigenvalue weighted by atomic mass is 10.1. The average molecular weight is 352 g/mol. The monoisotopic (exact) mass is 352 g/mol. The van der Waals surface area contributed by atoms with Gasteiger partial charge in [0.2, 0.25) is 0 Å². The van der Waals surface area contributed by atoms with E-state index in [0.29, 0.717) is 0 Å². The number of alkyl halides is 3. The van der Waals surface area contributed by atoms with Gasteiger partial charge in [-0.2, -0.15) is 13.2 Å². The van der Waals surface area contributed by atoms with Gasteiger partial charge in [0, 0.05) is 5.69 Å². The summed E-state index contributed by atoms with van der Waals surface area (Å²) in [5.41, 5.74) is 5.24. The summed E-state index contributed by atoms with van der Waals surface area (Å²) < 4.78 is 43.2. The Labute approximate surface area is 141 Å². The maximum atomic E-state index is 12.7. The highest BCUT2D eigenvalue weighted by Crippen LogP contribution is 2.30. The van der Waals surface area contributed by atoms with Crippen LogP contribution >= 0.6 is 0 Å². The predicted molar refractivity (Wildman–Crippen MR) is 85.3 cm³/mol. The minimum Gasteiger partial charge on any atom is -0.483 e. The summed E-state index contributed by atoms with van der Waals surface area (Å²) >= 11 is 0. The minimum atomic E-state index is -4.50. The molecule has 2 rings (SSSR count). The number of ether oxygens (including phenoxy) is 1. The van der Waals surface area contributed by atoms with Crippen LogP contribution in [0.3, 0.4) is 0 Å². The van der Waals surface area contributed by atoms with Crippen LogP contribution in [0, 0.1) is 6.92 Å². The van der Waals surface area contributed by atoms with Gasteiger partial charge < -0.3 is 15.8 Å². The number of hydrogen-bond donors (Lipinski definition) is 2. The first-order valence-corrected chi connectivity index (χ1v) is 7.17. The van der Waals surface area contributed by atoms with Gasteiger partial charge in [-0.25, -0.2) is 0 Å². The fraction of sp³-hybridized carbons (Fsp3) is 0.176. The third kappa shape index (κ3) is 4.97. The lowest BCUT2D eigenvalue weighted by Gasteiger charge is -2.12. The molecule has 8 heteroatoms. The third-order valence-corrected chi connectivity index (χ3v) is 3.23. The Kier molecular flexibility index (Phi) is 5.31. The SMILES string of the molecule is Cc1ccc(C(N)=O)c(OCC(=O)Nc2cccc(C(F)(F)F)c2)c1. The number of hydrogen-bond acceptors (Lipinski definition) is 3. The van der Waals surface area contributed by atoms with Gasteiger partial charge in [0.05, 0.1) is 11.1 Å². The van der Waals surface area contributed by atoms with Crippen molar-refractivity contribution in [2.24, 2.45) is 5.73 Å². The summed E-state index contributed by atoms with van der Waals surface area (Å²) in [7, 11) is 0. The summed E-state index contributed by atoms with van der Waals surface area (Å²) in [4.78, 5) is 23.2. The van der Waals surface area contributed by atoms with Gasteiger partial charge in [-0.15, -0.1) is 0 Å². The molecule has 0 saturated heterocycles. The molecule has 0 bridgehead atoms. The molecule has 5 nitrogen and oxygen atoms in total. The molecule has 132 valence electrons. The van der Waals surface area contributed by atoms with Crippen molar-refractivity contribution in [3.63, 3.8) is 0 Å². The lowest BCUT2D eigenvalue weighted by Crippen LogP contribution is -2.22. The molecule has 0 saturated carbocycles. The van der Waals surface area contributed by atoms with Crippen LogP contribution in [-0.4, -0.2) is 18.4 Å². The molecule has 3 N–H and O–H groups in total. The Hall–Kier alpha value is -3.03. The smallest absolute Gasteiger partial charge is 0.416 e. The maximum Gasteiger partial charge on any atom is 0.416 e. The number of amides is 2. The molecule has 2 amide bonds. The van der Waals surface area contributed by atoms with E-state index in [4.69, 9.17) is 10.5 Å². The zero-order chi connectivity index (χ0) is 18.6. The topological polar surface area (TPSA) is 81.4 Å². The third-order valence-electron chi connectivity index (χ3n) is 3.23. The lowest BCUT2D eigenvalue weighted by molar-refractivity contribution is -0.137. The van der Waals surface area contributed by atoms with Crippen molar-refractivity contribution in [1.82, 2.24) is 0 Å². The molecule has 0 aliphatic heterocycles. The van der Waals surface area contributed by atoms with Gasteiger partial charge in [0.25, 0.3) is 11.8 Å². The molecule has 2 aromatic rings. The Balaban J connectivity index is 2.05. The van der Waals surface area contributed by atoms with Crippen molar-refractivity contribution in [2.45, 2.75) is 13.1 Å². The molecule has 0 spiro atoms. The van der Waals surface area contributed by atoms with Gasteiger partial charge in [-0.3, -0.25) is 9.59 Å². The zero-order valence-corrected chi connectivity index (χ0v) is 13.2. The number of primary amides is 1. The molecule has 0 aromatic heterocycles. The molecule has 0 heterocycles. The molecule has 0 fully saturated rings. The van der Waals surface area contributed by atoms with E-state index in [1.54, 1.807) is 13.0 Å². The van der Waals surface area contributed by atoms with E-state index in [1.165, 1.54) is 24.3 Å². The van der Waals surface area contributed by atoms with Crippen molar-refractivity contribution < 1.29 is 27.5 Å². The molecule has 2 aromatic carbocycles. The van der Waals surface area contributed by atoms with Crippen LogP contribution in [0.4, 0.5) is 18.9 Å². The highest BCUT2D eigenvalue weighted by molar-refractivity contribution is 5.96. The second-order valence-electron chi connectivity index (χ2n) is 5.28. The number of halogens is 3. The Morgan fingerprint density at radius 3 is 2.52 bits per heavy atom. The second kappa shape index (κ2) is 7.25. The van der Waals surface area contributed by atoms with Gasteiger partial charge >= 0.3 is 6.18 Å². The van der Waals surface area contributed by atoms with Crippen LogP contribution in [-0.2, 0) is 11.0 Å². The van der Waals surface area contributed by atoms with Crippen molar-refractivity contribution in [1.29, 1.82) is 0 Å². The van der Waals surface area contributed by atoms with Crippen LogP contribution < -0.4 is 15.8 Å². The molecule has 0 aliphatic rings. The number of nitrogens with one attached hydrogen (secondary N) is 1. The van der Waals surface area contributed by atoms with Gasteiger partial charge in [0.15, 0.2) is 6.61 Å². The Bertz CT molecular complexity index is 804. The molecule has 0 unspecified atom stereocenters. The van der Waals surface area contributed by atoms with E-state index in [9.17, 15) is 22.8 Å².